The number of hydrogen-bond donors (Lipinski definition) is 0. The van der Waals surface area contributed by atoms with Gasteiger partial charge in [-0.05, 0) is 28.1 Å². The fourth-order valence-corrected chi connectivity index (χ4v) is 2.07. The third-order valence-electron chi connectivity index (χ3n) is 2.15. The molecular formula is C11H8BrClFNO. The van der Waals surface area contributed by atoms with E-state index in [0.717, 1.165) is 5.39 Å². The van der Waals surface area contributed by atoms with Crippen LogP contribution in [0.1, 0.15) is 5.69 Å². The summed E-state index contributed by atoms with van der Waals surface area (Å²) in [6.07, 6.45) is 0. The highest BCUT2D eigenvalue weighted by Crippen LogP contribution is 2.28. The molecule has 16 heavy (non-hydrogen) atoms. The number of benzene rings is 1. The number of halogens is 3. The second-order valence-electron chi connectivity index (χ2n) is 3.31. The molecule has 0 bridgehead atoms. The summed E-state index contributed by atoms with van der Waals surface area (Å²) in [6.45, 7) is 0.355. The molecule has 0 atom stereocenters. The summed E-state index contributed by atoms with van der Waals surface area (Å²) >= 11 is 9.20. The van der Waals surface area contributed by atoms with Gasteiger partial charge in [0.2, 0.25) is 0 Å². The van der Waals surface area contributed by atoms with Gasteiger partial charge in [0, 0.05) is 18.6 Å². The number of ether oxygens (including phenoxy) is 1. The fraction of sp³-hybridized carbons (Fsp3) is 0.182. The predicted octanol–water partition coefficient (Wildman–Crippen LogP) is 3.94. The van der Waals surface area contributed by atoms with Crippen LogP contribution in [0.4, 0.5) is 4.39 Å². The average molecular weight is 305 g/mol. The maximum atomic E-state index is 13.3. The van der Waals surface area contributed by atoms with E-state index in [1.807, 2.05) is 0 Å². The Morgan fingerprint density at radius 1 is 1.44 bits per heavy atom. The van der Waals surface area contributed by atoms with E-state index >= 15 is 0 Å². The Bertz CT molecular complexity index is 547. The van der Waals surface area contributed by atoms with Crippen LogP contribution in [0.2, 0.25) is 5.02 Å². The van der Waals surface area contributed by atoms with Crippen molar-refractivity contribution in [2.75, 3.05) is 7.11 Å². The lowest BCUT2D eigenvalue weighted by atomic mass is 10.2. The van der Waals surface area contributed by atoms with Crippen LogP contribution in [0, 0.1) is 5.82 Å². The van der Waals surface area contributed by atoms with E-state index in [4.69, 9.17) is 16.3 Å². The molecular weight excluding hydrogens is 296 g/mol. The van der Waals surface area contributed by atoms with E-state index in [1.54, 1.807) is 19.2 Å². The van der Waals surface area contributed by atoms with Crippen LogP contribution in [0.3, 0.4) is 0 Å². The van der Waals surface area contributed by atoms with Crippen LogP contribution >= 0.6 is 27.5 Å². The van der Waals surface area contributed by atoms with E-state index < -0.39 is 0 Å². The van der Waals surface area contributed by atoms with E-state index in [0.29, 0.717) is 27.3 Å². The van der Waals surface area contributed by atoms with Crippen molar-refractivity contribution in [2.24, 2.45) is 0 Å². The van der Waals surface area contributed by atoms with Crippen molar-refractivity contribution in [1.82, 2.24) is 4.98 Å². The number of nitrogens with zero attached hydrogens (tertiary/aromatic N) is 1. The van der Waals surface area contributed by atoms with Crippen LogP contribution in [0.5, 0.6) is 0 Å². The molecule has 0 unspecified atom stereocenters. The third kappa shape index (κ3) is 2.19. The molecule has 0 aliphatic heterocycles. The summed E-state index contributed by atoms with van der Waals surface area (Å²) in [5.41, 5.74) is 1.21. The summed E-state index contributed by atoms with van der Waals surface area (Å²) in [5, 5.41) is 1.26. The second kappa shape index (κ2) is 4.65. The lowest BCUT2D eigenvalue weighted by Crippen LogP contribution is -1.94. The second-order valence-corrected chi connectivity index (χ2v) is 4.57. The van der Waals surface area contributed by atoms with E-state index in [-0.39, 0.29) is 5.82 Å². The molecule has 0 amide bonds. The number of pyridine rings is 1. The predicted molar refractivity (Wildman–Crippen MR) is 65.1 cm³/mol. The Labute approximate surface area is 106 Å². The molecule has 0 saturated heterocycles. The van der Waals surface area contributed by atoms with Crippen LogP contribution in [0.25, 0.3) is 10.9 Å². The van der Waals surface area contributed by atoms with Crippen molar-refractivity contribution in [3.05, 3.63) is 39.2 Å². The number of fused-ring (bicyclic) bond motifs is 1. The van der Waals surface area contributed by atoms with Gasteiger partial charge in [-0.25, -0.2) is 4.39 Å². The highest BCUT2D eigenvalue weighted by Gasteiger charge is 2.08. The van der Waals surface area contributed by atoms with Gasteiger partial charge in [0.1, 0.15) is 5.82 Å². The van der Waals surface area contributed by atoms with Gasteiger partial charge in [0.05, 0.1) is 27.3 Å². The van der Waals surface area contributed by atoms with Gasteiger partial charge in [-0.3, -0.25) is 4.98 Å². The summed E-state index contributed by atoms with van der Waals surface area (Å²) in [5.74, 6) is -0.356. The molecule has 0 saturated carbocycles. The van der Waals surface area contributed by atoms with Gasteiger partial charge >= 0.3 is 0 Å². The number of hydrogen-bond acceptors (Lipinski definition) is 2. The molecule has 5 heteroatoms. The maximum Gasteiger partial charge on any atom is 0.139 e. The number of methoxy groups -OCH3 is 1. The maximum absolute atomic E-state index is 13.3. The van der Waals surface area contributed by atoms with Crippen molar-refractivity contribution < 1.29 is 9.13 Å². The largest absolute Gasteiger partial charge is 0.378 e. The van der Waals surface area contributed by atoms with Crippen molar-refractivity contribution in [2.45, 2.75) is 6.61 Å². The Morgan fingerprint density at radius 3 is 2.88 bits per heavy atom. The van der Waals surface area contributed by atoms with Crippen LogP contribution in [-0.4, -0.2) is 12.1 Å². The first kappa shape index (κ1) is 11.8. The SMILES string of the molecule is COCc1cc(Cl)c2cc(Br)c(F)cc2n1. The molecule has 2 rings (SSSR count). The molecule has 0 fully saturated rings. The first-order valence-corrected chi connectivity index (χ1v) is 5.72. The Balaban J connectivity index is 2.67. The van der Waals surface area contributed by atoms with Gasteiger partial charge in [-0.15, -0.1) is 0 Å². The molecule has 0 spiro atoms. The Kier molecular flexibility index (Phi) is 3.42. The van der Waals surface area contributed by atoms with Crippen molar-refractivity contribution >= 4 is 38.4 Å². The summed E-state index contributed by atoms with van der Waals surface area (Å²) in [4.78, 5) is 4.26. The minimum Gasteiger partial charge on any atom is -0.378 e. The smallest absolute Gasteiger partial charge is 0.139 e. The first-order valence-electron chi connectivity index (χ1n) is 4.55. The minimum absolute atomic E-state index is 0.355. The van der Waals surface area contributed by atoms with E-state index in [1.165, 1.54) is 6.07 Å². The van der Waals surface area contributed by atoms with Gasteiger partial charge < -0.3 is 4.74 Å². The van der Waals surface area contributed by atoms with Crippen LogP contribution < -0.4 is 0 Å². The van der Waals surface area contributed by atoms with Crippen molar-refractivity contribution in [3.8, 4) is 0 Å². The third-order valence-corrected chi connectivity index (χ3v) is 3.07. The van der Waals surface area contributed by atoms with Gasteiger partial charge in [0.15, 0.2) is 0 Å². The van der Waals surface area contributed by atoms with Gasteiger partial charge in [0.25, 0.3) is 0 Å². The number of aromatic nitrogens is 1. The molecule has 1 aromatic carbocycles. The standard InChI is InChI=1S/C11H8BrClFNO/c1-16-5-6-2-9(13)7-3-8(12)10(14)4-11(7)15-6/h2-4H,5H2,1H3. The van der Waals surface area contributed by atoms with E-state index in [2.05, 4.69) is 20.9 Å². The molecule has 2 aromatic rings. The topological polar surface area (TPSA) is 22.1 Å². The molecule has 84 valence electrons. The Hall–Kier alpha value is -0.710. The van der Waals surface area contributed by atoms with Crippen molar-refractivity contribution in [1.29, 1.82) is 0 Å². The van der Waals surface area contributed by atoms with Gasteiger partial charge in [-0.2, -0.15) is 0 Å². The highest BCUT2D eigenvalue weighted by molar-refractivity contribution is 9.10. The molecule has 0 N–H and O–H groups in total. The summed E-state index contributed by atoms with van der Waals surface area (Å²) in [7, 11) is 1.57. The Morgan fingerprint density at radius 2 is 2.19 bits per heavy atom. The molecule has 0 radical (unpaired) electrons. The molecule has 1 aromatic heterocycles. The highest BCUT2D eigenvalue weighted by atomic mass is 79.9. The zero-order valence-electron chi connectivity index (χ0n) is 8.43. The normalized spacial score (nSPS) is 11.0. The summed E-state index contributed by atoms with van der Waals surface area (Å²) in [6, 6.07) is 4.69. The minimum atomic E-state index is -0.356. The number of rotatable bonds is 2. The van der Waals surface area contributed by atoms with Crippen LogP contribution in [-0.2, 0) is 11.3 Å². The average Bonchev–Trinajstić information content (AvgIpc) is 2.22. The fourth-order valence-electron chi connectivity index (χ4n) is 1.45. The van der Waals surface area contributed by atoms with Crippen LogP contribution in [0.15, 0.2) is 22.7 Å². The lowest BCUT2D eigenvalue weighted by molar-refractivity contribution is 0.182. The van der Waals surface area contributed by atoms with Gasteiger partial charge in [-0.1, -0.05) is 11.6 Å². The first-order chi connectivity index (χ1) is 7.61. The monoisotopic (exact) mass is 303 g/mol. The zero-order valence-corrected chi connectivity index (χ0v) is 10.8. The van der Waals surface area contributed by atoms with Crippen molar-refractivity contribution in [3.63, 3.8) is 0 Å². The lowest BCUT2D eigenvalue weighted by Gasteiger charge is -2.05. The molecule has 1 heterocycles. The zero-order chi connectivity index (χ0) is 11.7. The van der Waals surface area contributed by atoms with E-state index in [9.17, 15) is 4.39 Å². The molecule has 0 aliphatic rings. The quantitative estimate of drug-likeness (QED) is 0.838. The molecule has 2 nitrogen and oxygen atoms in total. The molecule has 0 aliphatic carbocycles. The summed E-state index contributed by atoms with van der Waals surface area (Å²) < 4.78 is 18.7.